The lowest BCUT2D eigenvalue weighted by Crippen LogP contribution is -2.53. The van der Waals surface area contributed by atoms with Gasteiger partial charge in [-0.25, -0.2) is 4.79 Å². The van der Waals surface area contributed by atoms with Gasteiger partial charge >= 0.3 is 6.09 Å². The maximum Gasteiger partial charge on any atom is 0.410 e. The first-order valence-corrected chi connectivity index (χ1v) is 8.49. The van der Waals surface area contributed by atoms with E-state index < -0.39 is 5.60 Å². The Bertz CT molecular complexity index is 549. The van der Waals surface area contributed by atoms with Crippen LogP contribution in [0.15, 0.2) is 11.4 Å². The first-order chi connectivity index (χ1) is 9.79. The molecule has 0 bridgehead atoms. The van der Waals surface area contributed by atoms with E-state index in [4.69, 9.17) is 4.74 Å². The number of amides is 1. The second-order valence-electron chi connectivity index (χ2n) is 7.26. The Hall–Kier alpha value is -1.07. The number of hydrogen-bond donors (Lipinski definition) is 1. The van der Waals surface area contributed by atoms with Gasteiger partial charge in [-0.05, 0) is 57.5 Å². The summed E-state index contributed by atoms with van der Waals surface area (Å²) in [4.78, 5) is 15.6. The van der Waals surface area contributed by atoms with Gasteiger partial charge in [0.1, 0.15) is 5.60 Å². The molecule has 1 spiro atoms. The highest BCUT2D eigenvalue weighted by molar-refractivity contribution is 7.10. The number of thiophene rings is 1. The third-order valence-corrected chi connectivity index (χ3v) is 5.31. The highest BCUT2D eigenvalue weighted by Crippen LogP contribution is 2.41. The first-order valence-electron chi connectivity index (χ1n) is 7.62. The number of carbonyl (C=O) groups excluding carboxylic acids is 1. The van der Waals surface area contributed by atoms with Crippen molar-refractivity contribution in [3.05, 3.63) is 21.9 Å². The van der Waals surface area contributed by atoms with Crippen LogP contribution in [0.4, 0.5) is 4.79 Å². The van der Waals surface area contributed by atoms with Crippen molar-refractivity contribution in [2.24, 2.45) is 0 Å². The minimum atomic E-state index is -0.436. The van der Waals surface area contributed by atoms with Gasteiger partial charge in [-0.1, -0.05) is 0 Å². The van der Waals surface area contributed by atoms with Crippen molar-refractivity contribution >= 4 is 17.4 Å². The fraction of sp³-hybridized carbons (Fsp3) is 0.688. The van der Waals surface area contributed by atoms with E-state index in [1.807, 2.05) is 37.0 Å². The first kappa shape index (κ1) is 14.9. The molecule has 0 aromatic carbocycles. The van der Waals surface area contributed by atoms with E-state index in [-0.39, 0.29) is 11.6 Å². The average molecular weight is 308 g/mol. The summed E-state index contributed by atoms with van der Waals surface area (Å²) in [5, 5.41) is 5.91. The second-order valence-corrected chi connectivity index (χ2v) is 8.17. The Balaban J connectivity index is 1.79. The summed E-state index contributed by atoms with van der Waals surface area (Å²) in [7, 11) is 0. The predicted octanol–water partition coefficient (Wildman–Crippen LogP) is 3.12. The van der Waals surface area contributed by atoms with Crippen LogP contribution < -0.4 is 5.32 Å². The maximum atomic E-state index is 12.3. The van der Waals surface area contributed by atoms with Gasteiger partial charge in [0.25, 0.3) is 0 Å². The molecule has 3 rings (SSSR count). The zero-order valence-electron chi connectivity index (χ0n) is 13.2. The number of likely N-dealkylation sites (tertiary alicyclic amines) is 1. The van der Waals surface area contributed by atoms with Crippen molar-refractivity contribution in [1.82, 2.24) is 10.2 Å². The molecule has 1 amide bonds. The van der Waals surface area contributed by atoms with Gasteiger partial charge in [0.15, 0.2) is 0 Å². The van der Waals surface area contributed by atoms with E-state index in [1.165, 1.54) is 10.4 Å². The van der Waals surface area contributed by atoms with Crippen molar-refractivity contribution in [1.29, 1.82) is 0 Å². The monoisotopic (exact) mass is 308 g/mol. The molecule has 4 nitrogen and oxygen atoms in total. The lowest BCUT2D eigenvalue weighted by Gasteiger charge is -2.38. The van der Waals surface area contributed by atoms with E-state index >= 15 is 0 Å². The Kier molecular flexibility index (Phi) is 3.53. The molecule has 0 unspecified atom stereocenters. The Morgan fingerprint density at radius 2 is 2.29 bits per heavy atom. The van der Waals surface area contributed by atoms with Crippen LogP contribution in [0.2, 0.25) is 0 Å². The smallest absolute Gasteiger partial charge is 0.410 e. The molecule has 0 radical (unpaired) electrons. The number of nitrogens with zero attached hydrogens (tertiary/aromatic N) is 1. The fourth-order valence-electron chi connectivity index (χ4n) is 3.43. The molecule has 1 fully saturated rings. The van der Waals surface area contributed by atoms with Gasteiger partial charge in [-0.3, -0.25) is 0 Å². The molecule has 5 heteroatoms. The Morgan fingerprint density at radius 3 is 3.00 bits per heavy atom. The van der Waals surface area contributed by atoms with Gasteiger partial charge in [0, 0.05) is 24.0 Å². The van der Waals surface area contributed by atoms with Crippen molar-refractivity contribution in [2.75, 3.05) is 13.1 Å². The van der Waals surface area contributed by atoms with Gasteiger partial charge in [-0.2, -0.15) is 0 Å². The minimum Gasteiger partial charge on any atom is -0.444 e. The van der Waals surface area contributed by atoms with Crippen LogP contribution in [-0.2, 0) is 16.7 Å². The molecule has 2 atom stereocenters. The maximum absolute atomic E-state index is 12.3. The van der Waals surface area contributed by atoms with Crippen LogP contribution in [0, 0.1) is 0 Å². The van der Waals surface area contributed by atoms with E-state index in [9.17, 15) is 4.79 Å². The number of nitrogens with one attached hydrogen (secondary N) is 1. The largest absolute Gasteiger partial charge is 0.444 e. The van der Waals surface area contributed by atoms with Gasteiger partial charge in [0.2, 0.25) is 0 Å². The summed E-state index contributed by atoms with van der Waals surface area (Å²) < 4.78 is 5.51. The predicted molar refractivity (Wildman–Crippen MR) is 84.7 cm³/mol. The highest BCUT2D eigenvalue weighted by Gasteiger charge is 2.46. The quantitative estimate of drug-likeness (QED) is 0.800. The molecule has 3 heterocycles. The number of carbonyl (C=O) groups is 1. The number of ether oxygens (including phenoxy) is 1. The summed E-state index contributed by atoms with van der Waals surface area (Å²) in [5.74, 6) is 0. The Morgan fingerprint density at radius 1 is 1.52 bits per heavy atom. The third kappa shape index (κ3) is 2.81. The van der Waals surface area contributed by atoms with Gasteiger partial charge < -0.3 is 15.0 Å². The SMILES string of the molecule is C[C@@H]1Cc2ccsc2[C@@]2(CCN(C(=O)OC(C)(C)C)C2)N1. The van der Waals surface area contributed by atoms with E-state index in [0.717, 1.165) is 19.4 Å². The fourth-order valence-corrected chi connectivity index (χ4v) is 4.55. The zero-order valence-corrected chi connectivity index (χ0v) is 14.0. The molecule has 1 aromatic rings. The molecular formula is C16H24N2O2S. The average Bonchev–Trinajstić information content (AvgIpc) is 2.94. The van der Waals surface area contributed by atoms with Crippen LogP contribution >= 0.6 is 11.3 Å². The van der Waals surface area contributed by atoms with Crippen molar-refractivity contribution in [3.8, 4) is 0 Å². The molecule has 2 aliphatic rings. The molecule has 1 aromatic heterocycles. The molecular weight excluding hydrogens is 284 g/mol. The summed E-state index contributed by atoms with van der Waals surface area (Å²) in [6, 6.07) is 2.68. The molecule has 1 N–H and O–H groups in total. The molecule has 2 aliphatic heterocycles. The molecule has 1 saturated heterocycles. The van der Waals surface area contributed by atoms with E-state index in [2.05, 4.69) is 23.7 Å². The van der Waals surface area contributed by atoms with Crippen LogP contribution in [-0.4, -0.2) is 35.7 Å². The molecule has 21 heavy (non-hydrogen) atoms. The van der Waals surface area contributed by atoms with Crippen LogP contribution in [0.3, 0.4) is 0 Å². The zero-order chi connectivity index (χ0) is 15.3. The van der Waals surface area contributed by atoms with Crippen molar-refractivity contribution in [2.45, 2.75) is 57.7 Å². The van der Waals surface area contributed by atoms with Crippen LogP contribution in [0.5, 0.6) is 0 Å². The van der Waals surface area contributed by atoms with Gasteiger partial charge in [-0.15, -0.1) is 11.3 Å². The summed E-state index contributed by atoms with van der Waals surface area (Å²) in [6.45, 7) is 9.42. The topological polar surface area (TPSA) is 41.6 Å². The third-order valence-electron chi connectivity index (χ3n) is 4.15. The lowest BCUT2D eigenvalue weighted by molar-refractivity contribution is 0.0277. The van der Waals surface area contributed by atoms with E-state index in [0.29, 0.717) is 12.6 Å². The molecule has 116 valence electrons. The van der Waals surface area contributed by atoms with Crippen molar-refractivity contribution in [3.63, 3.8) is 0 Å². The highest BCUT2D eigenvalue weighted by atomic mass is 32.1. The van der Waals surface area contributed by atoms with Crippen LogP contribution in [0.25, 0.3) is 0 Å². The standard InChI is InChI=1S/C16H24N2O2S/c1-11-9-12-5-8-21-13(12)16(17-11)6-7-18(10-16)14(19)20-15(2,3)4/h5,8,11,17H,6-7,9-10H2,1-4H3/t11-,16+/m1/s1. The summed E-state index contributed by atoms with van der Waals surface area (Å²) in [6.07, 6.45) is 1.84. The number of fused-ring (bicyclic) bond motifs is 2. The number of rotatable bonds is 0. The molecule has 0 saturated carbocycles. The normalized spacial score (nSPS) is 28.8. The Labute approximate surface area is 130 Å². The lowest BCUT2D eigenvalue weighted by atomic mass is 9.86. The van der Waals surface area contributed by atoms with E-state index in [1.54, 1.807) is 0 Å². The summed E-state index contributed by atoms with van der Waals surface area (Å²) in [5.41, 5.74) is 0.934. The van der Waals surface area contributed by atoms with Crippen molar-refractivity contribution < 1.29 is 9.53 Å². The number of hydrogen-bond acceptors (Lipinski definition) is 4. The second kappa shape index (κ2) is 4.99. The van der Waals surface area contributed by atoms with Crippen LogP contribution in [0.1, 0.15) is 44.6 Å². The minimum absolute atomic E-state index is 0.0714. The van der Waals surface area contributed by atoms with Gasteiger partial charge in [0.05, 0.1) is 5.54 Å². The summed E-state index contributed by atoms with van der Waals surface area (Å²) >= 11 is 1.81. The molecule has 0 aliphatic carbocycles.